The maximum absolute atomic E-state index is 6.61. The van der Waals surface area contributed by atoms with Crippen molar-refractivity contribution < 1.29 is 9.47 Å². The molecule has 3 aromatic carbocycles. The number of fused-ring (bicyclic) bond motifs is 1. The molecule has 0 amide bonds. The molecule has 2 aromatic heterocycles. The van der Waals surface area contributed by atoms with E-state index in [4.69, 9.17) is 25.3 Å². The van der Waals surface area contributed by atoms with Crippen LogP contribution in [0, 0.1) is 0 Å². The monoisotopic (exact) mass is 494 g/mol. The summed E-state index contributed by atoms with van der Waals surface area (Å²) >= 11 is 0. The van der Waals surface area contributed by atoms with Crippen molar-refractivity contribution in [3.8, 4) is 28.5 Å². The molecule has 0 aliphatic carbocycles. The molecule has 0 saturated carbocycles. The van der Waals surface area contributed by atoms with Gasteiger partial charge in [-0.25, -0.2) is 9.67 Å². The number of aromatic nitrogens is 4. The quantitative estimate of drug-likeness (QED) is 0.251. The van der Waals surface area contributed by atoms with Crippen molar-refractivity contribution in [2.45, 2.75) is 26.3 Å². The fraction of sp³-hybridized carbons (Fsp3) is 0.207. The van der Waals surface area contributed by atoms with Crippen LogP contribution in [0.5, 0.6) is 17.2 Å². The lowest BCUT2D eigenvalue weighted by atomic mass is 10.1. The average molecular weight is 495 g/mol. The molecule has 3 N–H and O–H groups in total. The standard InChI is InChI=1S/C29H30N6O2/c1-29(2,3)35-26(30)24-25(20-11-10-16-23(19-20)37-22-14-8-5-9-15-22)32-28(33-27(24)34-35)31-17-18-36-21-12-6-4-7-13-21/h4-16,19H,17-18,30H2,1-3H3,(H,31,33,34). The van der Waals surface area contributed by atoms with Gasteiger partial charge in [0.15, 0.2) is 5.65 Å². The van der Waals surface area contributed by atoms with Gasteiger partial charge in [0.25, 0.3) is 0 Å². The molecule has 0 spiro atoms. The van der Waals surface area contributed by atoms with Crippen molar-refractivity contribution in [3.63, 3.8) is 0 Å². The predicted octanol–water partition coefficient (Wildman–Crippen LogP) is 6.11. The normalized spacial score (nSPS) is 11.4. The molecule has 188 valence electrons. The number of nitrogen functional groups attached to an aromatic ring is 1. The first-order valence-corrected chi connectivity index (χ1v) is 12.2. The summed E-state index contributed by atoms with van der Waals surface area (Å²) in [5.74, 6) is 3.24. The lowest BCUT2D eigenvalue weighted by Crippen LogP contribution is -2.24. The van der Waals surface area contributed by atoms with Crippen LogP contribution in [-0.4, -0.2) is 32.9 Å². The summed E-state index contributed by atoms with van der Waals surface area (Å²) in [6, 6.07) is 27.1. The van der Waals surface area contributed by atoms with Crippen LogP contribution in [0.4, 0.5) is 11.8 Å². The molecule has 0 aliphatic rings. The largest absolute Gasteiger partial charge is 0.492 e. The zero-order valence-corrected chi connectivity index (χ0v) is 21.2. The minimum absolute atomic E-state index is 0.322. The highest BCUT2D eigenvalue weighted by atomic mass is 16.5. The molecule has 8 nitrogen and oxygen atoms in total. The van der Waals surface area contributed by atoms with Gasteiger partial charge in [-0.15, -0.1) is 5.10 Å². The van der Waals surface area contributed by atoms with Gasteiger partial charge in [0.05, 0.1) is 23.2 Å². The molecule has 0 aliphatic heterocycles. The Morgan fingerprint density at radius 1 is 0.838 bits per heavy atom. The SMILES string of the molecule is CC(C)(C)n1nc2nc(NCCOc3ccccc3)nc(-c3cccc(Oc4ccccc4)c3)c2c1N. The van der Waals surface area contributed by atoms with Crippen molar-refractivity contribution in [1.29, 1.82) is 0 Å². The fourth-order valence-corrected chi connectivity index (χ4v) is 3.99. The van der Waals surface area contributed by atoms with Crippen LogP contribution >= 0.6 is 0 Å². The zero-order chi connectivity index (χ0) is 25.8. The van der Waals surface area contributed by atoms with Gasteiger partial charge >= 0.3 is 0 Å². The first-order chi connectivity index (χ1) is 17.9. The molecular weight excluding hydrogens is 464 g/mol. The second-order valence-electron chi connectivity index (χ2n) is 9.59. The number of benzene rings is 3. The van der Waals surface area contributed by atoms with Gasteiger partial charge < -0.3 is 20.5 Å². The van der Waals surface area contributed by atoms with E-state index in [1.165, 1.54) is 0 Å². The number of rotatable bonds is 8. The van der Waals surface area contributed by atoms with Gasteiger partial charge in [0, 0.05) is 5.56 Å². The van der Waals surface area contributed by atoms with Gasteiger partial charge in [0.2, 0.25) is 5.95 Å². The van der Waals surface area contributed by atoms with E-state index in [1.807, 2.05) is 84.9 Å². The van der Waals surface area contributed by atoms with Gasteiger partial charge in [-0.3, -0.25) is 0 Å². The molecule has 0 atom stereocenters. The Labute approximate surface area is 216 Å². The third-order valence-corrected chi connectivity index (χ3v) is 5.69. The molecule has 0 saturated heterocycles. The topological polar surface area (TPSA) is 100 Å². The van der Waals surface area contributed by atoms with Crippen LogP contribution in [0.15, 0.2) is 84.9 Å². The van der Waals surface area contributed by atoms with Crippen molar-refractivity contribution >= 4 is 22.8 Å². The minimum Gasteiger partial charge on any atom is -0.492 e. The molecule has 37 heavy (non-hydrogen) atoms. The maximum atomic E-state index is 6.61. The Balaban J connectivity index is 1.49. The summed E-state index contributed by atoms with van der Waals surface area (Å²) in [6.07, 6.45) is 0. The number of hydrogen-bond donors (Lipinski definition) is 2. The van der Waals surface area contributed by atoms with Crippen molar-refractivity contribution in [1.82, 2.24) is 19.7 Å². The summed E-state index contributed by atoms with van der Waals surface area (Å²) in [5, 5.41) is 8.71. The average Bonchev–Trinajstić information content (AvgIpc) is 3.24. The van der Waals surface area contributed by atoms with E-state index in [0.29, 0.717) is 47.4 Å². The number of anilines is 2. The Morgan fingerprint density at radius 3 is 2.22 bits per heavy atom. The Hall–Kier alpha value is -4.59. The fourth-order valence-electron chi connectivity index (χ4n) is 3.99. The number of nitrogens with two attached hydrogens (primary N) is 1. The molecule has 0 radical (unpaired) electrons. The van der Waals surface area contributed by atoms with Gasteiger partial charge in [-0.05, 0) is 57.2 Å². The van der Waals surface area contributed by atoms with Gasteiger partial charge in [-0.1, -0.05) is 48.5 Å². The molecule has 0 bridgehead atoms. The number of hydrogen-bond acceptors (Lipinski definition) is 7. The Morgan fingerprint density at radius 2 is 1.51 bits per heavy atom. The van der Waals surface area contributed by atoms with E-state index in [9.17, 15) is 0 Å². The smallest absolute Gasteiger partial charge is 0.225 e. The molecule has 0 unspecified atom stereocenters. The number of ether oxygens (including phenoxy) is 2. The second kappa shape index (κ2) is 10.2. The van der Waals surface area contributed by atoms with E-state index in [0.717, 1.165) is 17.1 Å². The van der Waals surface area contributed by atoms with Crippen LogP contribution in [0.1, 0.15) is 20.8 Å². The second-order valence-corrected chi connectivity index (χ2v) is 9.59. The molecule has 8 heteroatoms. The van der Waals surface area contributed by atoms with Crippen LogP contribution < -0.4 is 20.5 Å². The lowest BCUT2D eigenvalue weighted by Gasteiger charge is -2.20. The Kier molecular flexibility index (Phi) is 6.64. The third-order valence-electron chi connectivity index (χ3n) is 5.69. The zero-order valence-electron chi connectivity index (χ0n) is 21.2. The molecule has 0 fully saturated rings. The summed E-state index contributed by atoms with van der Waals surface area (Å²) < 4.78 is 13.7. The van der Waals surface area contributed by atoms with E-state index in [-0.39, 0.29) is 5.54 Å². The Bertz CT molecular complexity index is 1490. The number of nitrogens with zero attached hydrogens (tertiary/aromatic N) is 4. The summed E-state index contributed by atoms with van der Waals surface area (Å²) in [5.41, 5.74) is 8.35. The van der Waals surface area contributed by atoms with E-state index >= 15 is 0 Å². The molecular formula is C29H30N6O2. The van der Waals surface area contributed by atoms with E-state index in [1.54, 1.807) is 4.68 Å². The van der Waals surface area contributed by atoms with Crippen LogP contribution in [-0.2, 0) is 5.54 Å². The predicted molar refractivity (Wildman–Crippen MR) is 147 cm³/mol. The molecule has 5 rings (SSSR count). The van der Waals surface area contributed by atoms with Crippen LogP contribution in [0.3, 0.4) is 0 Å². The first-order valence-electron chi connectivity index (χ1n) is 12.2. The maximum Gasteiger partial charge on any atom is 0.225 e. The molecule has 5 aromatic rings. The number of para-hydroxylation sites is 2. The van der Waals surface area contributed by atoms with E-state index in [2.05, 4.69) is 31.1 Å². The lowest BCUT2D eigenvalue weighted by molar-refractivity contribution is 0.332. The van der Waals surface area contributed by atoms with Crippen molar-refractivity contribution in [3.05, 3.63) is 84.9 Å². The van der Waals surface area contributed by atoms with Crippen LogP contribution in [0.2, 0.25) is 0 Å². The highest BCUT2D eigenvalue weighted by molar-refractivity contribution is 5.99. The molecule has 2 heterocycles. The summed E-state index contributed by atoms with van der Waals surface area (Å²) in [4.78, 5) is 9.52. The minimum atomic E-state index is -0.322. The summed E-state index contributed by atoms with van der Waals surface area (Å²) in [6.45, 7) is 7.14. The van der Waals surface area contributed by atoms with Gasteiger partial charge in [0.1, 0.15) is 29.7 Å². The van der Waals surface area contributed by atoms with E-state index < -0.39 is 0 Å². The van der Waals surface area contributed by atoms with Crippen molar-refractivity contribution in [2.24, 2.45) is 0 Å². The highest BCUT2D eigenvalue weighted by Gasteiger charge is 2.24. The highest BCUT2D eigenvalue weighted by Crippen LogP contribution is 2.35. The number of nitrogens with one attached hydrogen (secondary N) is 1. The van der Waals surface area contributed by atoms with Gasteiger partial charge in [-0.2, -0.15) is 4.98 Å². The third kappa shape index (κ3) is 5.48. The van der Waals surface area contributed by atoms with Crippen molar-refractivity contribution in [2.75, 3.05) is 24.2 Å². The first kappa shape index (κ1) is 24.1. The summed E-state index contributed by atoms with van der Waals surface area (Å²) in [7, 11) is 0. The van der Waals surface area contributed by atoms with Crippen LogP contribution in [0.25, 0.3) is 22.3 Å².